The van der Waals surface area contributed by atoms with Gasteiger partial charge in [-0.2, -0.15) is 0 Å². The van der Waals surface area contributed by atoms with Crippen molar-refractivity contribution in [3.8, 4) is 22.6 Å². The minimum Gasteiger partial charge on any atom is -0.302 e. The van der Waals surface area contributed by atoms with E-state index in [1.807, 2.05) is 41.0 Å². The summed E-state index contributed by atoms with van der Waals surface area (Å²) in [7, 11) is 0. The number of anilines is 1. The summed E-state index contributed by atoms with van der Waals surface area (Å²) < 4.78 is 3.14. The Bertz CT molecular complexity index is 1310. The second-order valence-electron chi connectivity index (χ2n) is 8.33. The molecule has 1 N–H and O–H groups in total. The van der Waals surface area contributed by atoms with Crippen molar-refractivity contribution in [3.63, 3.8) is 0 Å². The first-order chi connectivity index (χ1) is 16.5. The van der Waals surface area contributed by atoms with Crippen molar-refractivity contribution >= 4 is 61.4 Å². The van der Waals surface area contributed by atoms with Crippen LogP contribution in [0.15, 0.2) is 44.7 Å². The molecule has 0 radical (unpaired) electrons. The van der Waals surface area contributed by atoms with Crippen molar-refractivity contribution in [2.45, 2.75) is 44.8 Å². The molecule has 0 fully saturated rings. The molecule has 4 aromatic rings. The van der Waals surface area contributed by atoms with E-state index >= 15 is 0 Å². The number of nitrogens with zero attached hydrogens (tertiary/aromatic N) is 4. The molecule has 1 aliphatic rings. The molecule has 0 spiro atoms. The van der Waals surface area contributed by atoms with E-state index in [-0.39, 0.29) is 11.7 Å². The molecule has 1 amide bonds. The molecule has 0 bridgehead atoms. The van der Waals surface area contributed by atoms with Gasteiger partial charge in [-0.3, -0.25) is 4.79 Å². The Hall–Kier alpha value is -2.01. The predicted molar refractivity (Wildman–Crippen MR) is 145 cm³/mol. The highest BCUT2D eigenvalue weighted by molar-refractivity contribution is 9.10. The molecule has 1 aromatic carbocycles. The second kappa shape index (κ2) is 10.3. The highest BCUT2D eigenvalue weighted by Crippen LogP contribution is 2.38. The number of aromatic nitrogens is 4. The van der Waals surface area contributed by atoms with Crippen LogP contribution in [0.2, 0.25) is 0 Å². The SMILES string of the molecule is CCn1c(SCC(=O)Nc2nc(-c3ccc(Br)cc3)cs2)nnc1-c1csc2c1CCC(C)C2. The molecule has 5 rings (SSSR count). The maximum absolute atomic E-state index is 12.6. The lowest BCUT2D eigenvalue weighted by Crippen LogP contribution is -2.14. The largest absolute Gasteiger partial charge is 0.302 e. The van der Waals surface area contributed by atoms with E-state index in [0.29, 0.717) is 5.13 Å². The normalized spacial score (nSPS) is 15.3. The number of nitrogens with one attached hydrogen (secondary N) is 1. The molecule has 1 atom stereocenters. The standard InChI is InChI=1S/C24H24BrN5OS3/c1-3-30-22(18-11-32-20-10-14(2)4-9-17(18)20)28-29-24(30)34-13-21(31)27-23-26-19(12-33-23)15-5-7-16(25)8-6-15/h5-8,11-12,14H,3-4,9-10,13H2,1-2H3,(H,26,27,31). The molecular weight excluding hydrogens is 550 g/mol. The number of carbonyl (C=O) groups is 1. The highest BCUT2D eigenvalue weighted by atomic mass is 79.9. The number of carbonyl (C=O) groups excluding carboxylic acids is 1. The smallest absolute Gasteiger partial charge is 0.236 e. The lowest BCUT2D eigenvalue weighted by Gasteiger charge is -2.19. The minimum absolute atomic E-state index is 0.101. The monoisotopic (exact) mass is 573 g/mol. The van der Waals surface area contributed by atoms with Crippen LogP contribution in [0.4, 0.5) is 5.13 Å². The van der Waals surface area contributed by atoms with Crippen LogP contribution in [0.3, 0.4) is 0 Å². The number of benzene rings is 1. The molecule has 0 saturated carbocycles. The fraction of sp³-hybridized carbons (Fsp3) is 0.333. The van der Waals surface area contributed by atoms with Crippen molar-refractivity contribution in [2.75, 3.05) is 11.1 Å². The average Bonchev–Trinajstić information content (AvgIpc) is 3.55. The molecule has 3 aromatic heterocycles. The molecule has 6 nitrogen and oxygen atoms in total. The summed E-state index contributed by atoms with van der Waals surface area (Å²) in [5, 5.41) is 17.4. The third-order valence-corrected chi connectivity index (χ3v) is 9.20. The summed E-state index contributed by atoms with van der Waals surface area (Å²) in [5.74, 6) is 1.81. The highest BCUT2D eigenvalue weighted by Gasteiger charge is 2.24. The van der Waals surface area contributed by atoms with Gasteiger partial charge in [0.2, 0.25) is 5.91 Å². The van der Waals surface area contributed by atoms with Crippen molar-refractivity contribution in [1.29, 1.82) is 0 Å². The van der Waals surface area contributed by atoms with E-state index in [0.717, 1.165) is 52.0 Å². The number of thioether (sulfide) groups is 1. The maximum atomic E-state index is 12.6. The molecule has 0 aliphatic heterocycles. The third-order valence-electron chi connectivity index (χ3n) is 5.90. The van der Waals surface area contributed by atoms with Crippen molar-refractivity contribution in [1.82, 2.24) is 19.7 Å². The van der Waals surface area contributed by atoms with Gasteiger partial charge in [-0.1, -0.05) is 46.7 Å². The minimum atomic E-state index is -0.101. The first kappa shape index (κ1) is 23.7. The second-order valence-corrected chi connectivity index (χ2v) is 12.0. The van der Waals surface area contributed by atoms with Crippen LogP contribution in [0.25, 0.3) is 22.6 Å². The Labute approximate surface area is 219 Å². The number of amides is 1. The third kappa shape index (κ3) is 5.00. The molecule has 0 saturated heterocycles. The van der Waals surface area contributed by atoms with Gasteiger partial charge in [-0.15, -0.1) is 32.9 Å². The number of rotatable bonds is 7. The van der Waals surface area contributed by atoms with Gasteiger partial charge in [0.25, 0.3) is 0 Å². The van der Waals surface area contributed by atoms with E-state index in [1.54, 1.807) is 0 Å². The van der Waals surface area contributed by atoms with E-state index in [9.17, 15) is 4.79 Å². The summed E-state index contributed by atoms with van der Waals surface area (Å²) in [6, 6.07) is 7.96. The Kier molecular flexibility index (Phi) is 7.19. The van der Waals surface area contributed by atoms with Gasteiger partial charge in [0, 0.05) is 37.8 Å². The number of fused-ring (bicyclic) bond motifs is 1. The molecule has 1 aliphatic carbocycles. The van der Waals surface area contributed by atoms with Crippen LogP contribution in [-0.4, -0.2) is 31.4 Å². The van der Waals surface area contributed by atoms with E-state index in [1.165, 1.54) is 45.5 Å². The number of hydrogen-bond donors (Lipinski definition) is 1. The molecule has 3 heterocycles. The zero-order chi connectivity index (χ0) is 23.7. The summed E-state index contributed by atoms with van der Waals surface area (Å²) in [6.45, 7) is 5.18. The van der Waals surface area contributed by atoms with Gasteiger partial charge < -0.3 is 9.88 Å². The van der Waals surface area contributed by atoms with Crippen molar-refractivity contribution in [2.24, 2.45) is 5.92 Å². The molecule has 176 valence electrons. The van der Waals surface area contributed by atoms with Crippen LogP contribution in [0.1, 0.15) is 30.7 Å². The van der Waals surface area contributed by atoms with Gasteiger partial charge in [-0.05, 0) is 49.8 Å². The van der Waals surface area contributed by atoms with Crippen molar-refractivity contribution < 1.29 is 4.79 Å². The summed E-state index contributed by atoms with van der Waals surface area (Å²) in [6.07, 6.45) is 3.48. The van der Waals surface area contributed by atoms with Crippen LogP contribution >= 0.6 is 50.4 Å². The van der Waals surface area contributed by atoms with Crippen LogP contribution in [0, 0.1) is 5.92 Å². The summed E-state index contributed by atoms with van der Waals surface area (Å²) in [4.78, 5) is 18.6. The van der Waals surface area contributed by atoms with Gasteiger partial charge in [-0.25, -0.2) is 4.98 Å². The zero-order valence-corrected chi connectivity index (χ0v) is 22.9. The Morgan fingerprint density at radius 2 is 2.06 bits per heavy atom. The number of hydrogen-bond acceptors (Lipinski definition) is 7. The van der Waals surface area contributed by atoms with Gasteiger partial charge in [0.05, 0.1) is 11.4 Å². The van der Waals surface area contributed by atoms with E-state index in [4.69, 9.17) is 0 Å². The van der Waals surface area contributed by atoms with Crippen LogP contribution < -0.4 is 5.32 Å². The van der Waals surface area contributed by atoms with Gasteiger partial charge >= 0.3 is 0 Å². The van der Waals surface area contributed by atoms with Crippen LogP contribution in [-0.2, 0) is 24.2 Å². The topological polar surface area (TPSA) is 72.7 Å². The predicted octanol–water partition coefficient (Wildman–Crippen LogP) is 6.77. The van der Waals surface area contributed by atoms with Crippen molar-refractivity contribution in [3.05, 3.63) is 49.9 Å². The molecule has 34 heavy (non-hydrogen) atoms. The Morgan fingerprint density at radius 3 is 2.85 bits per heavy atom. The molecule has 10 heteroatoms. The fourth-order valence-corrected chi connectivity index (χ4v) is 7.16. The average molecular weight is 575 g/mol. The van der Waals surface area contributed by atoms with E-state index < -0.39 is 0 Å². The quantitative estimate of drug-likeness (QED) is 0.247. The molecular formula is C24H24BrN5OS3. The van der Waals surface area contributed by atoms with E-state index in [2.05, 4.69) is 60.2 Å². The summed E-state index contributed by atoms with van der Waals surface area (Å²) in [5.41, 5.74) is 4.51. The fourth-order valence-electron chi connectivity index (χ4n) is 4.11. The number of halogens is 1. The Morgan fingerprint density at radius 1 is 1.24 bits per heavy atom. The Balaban J connectivity index is 1.24. The summed E-state index contributed by atoms with van der Waals surface area (Å²) >= 11 is 8.12. The zero-order valence-electron chi connectivity index (χ0n) is 18.9. The first-order valence-electron chi connectivity index (χ1n) is 11.2. The molecule has 1 unspecified atom stereocenters. The number of thiophene rings is 1. The maximum Gasteiger partial charge on any atom is 0.236 e. The number of thiazole rings is 1. The van der Waals surface area contributed by atoms with Crippen LogP contribution in [0.5, 0.6) is 0 Å². The van der Waals surface area contributed by atoms with Gasteiger partial charge in [0.15, 0.2) is 16.1 Å². The lowest BCUT2D eigenvalue weighted by atomic mass is 9.88. The lowest BCUT2D eigenvalue weighted by molar-refractivity contribution is -0.113. The van der Waals surface area contributed by atoms with Gasteiger partial charge in [0.1, 0.15) is 0 Å². The first-order valence-corrected chi connectivity index (χ1v) is 14.7.